The number of hydrogen-bond donors (Lipinski definition) is 2. The summed E-state index contributed by atoms with van der Waals surface area (Å²) in [4.78, 5) is 7.19. The summed E-state index contributed by atoms with van der Waals surface area (Å²) in [6, 6.07) is 6.22. The lowest BCUT2D eigenvalue weighted by atomic mass is 9.91. The maximum Gasteiger partial charge on any atom is 0.123 e. The molecule has 1 aromatic heterocycles. The molecule has 0 atom stereocenters. The number of nitrogens with one attached hydrogen (secondary N) is 1. The molecule has 0 unspecified atom stereocenters. The Bertz CT molecular complexity index is 718. The Labute approximate surface area is 125 Å². The van der Waals surface area contributed by atoms with Gasteiger partial charge in [-0.15, -0.1) is 0 Å². The van der Waals surface area contributed by atoms with E-state index in [9.17, 15) is 0 Å². The molecule has 4 nitrogen and oxygen atoms in total. The lowest BCUT2D eigenvalue weighted by Gasteiger charge is -2.27. The quantitative estimate of drug-likeness (QED) is 0.657. The first kappa shape index (κ1) is 14.0. The van der Waals surface area contributed by atoms with Crippen LogP contribution >= 0.6 is 0 Å². The van der Waals surface area contributed by atoms with Crippen molar-refractivity contribution < 1.29 is 0 Å². The van der Waals surface area contributed by atoms with Crippen LogP contribution < -0.4 is 5.73 Å². The number of nitrogens with two attached hydrogens (primary N) is 1. The normalized spacial score (nSPS) is 15.4. The molecular weight excluding hydrogens is 260 g/mol. The van der Waals surface area contributed by atoms with Crippen LogP contribution in [0.4, 0.5) is 0 Å². The van der Waals surface area contributed by atoms with Gasteiger partial charge in [-0.25, -0.2) is 0 Å². The number of amidine groups is 1. The van der Waals surface area contributed by atoms with Crippen molar-refractivity contribution >= 4 is 16.7 Å². The lowest BCUT2D eigenvalue weighted by Crippen LogP contribution is -2.30. The van der Waals surface area contributed by atoms with Gasteiger partial charge in [-0.05, 0) is 24.1 Å². The van der Waals surface area contributed by atoms with Gasteiger partial charge in [0.1, 0.15) is 5.84 Å². The molecule has 0 aliphatic carbocycles. The molecule has 0 fully saturated rings. The molecule has 1 aliphatic heterocycles. The highest BCUT2D eigenvalue weighted by Crippen LogP contribution is 2.31. The van der Waals surface area contributed by atoms with Gasteiger partial charge in [0, 0.05) is 36.2 Å². The Balaban J connectivity index is 2.38. The number of nitrogens with zero attached hydrogens (tertiary/aromatic N) is 2. The average Bonchev–Trinajstić information content (AvgIpc) is 2.43. The summed E-state index contributed by atoms with van der Waals surface area (Å²) < 4.78 is 0. The van der Waals surface area contributed by atoms with E-state index in [1.807, 2.05) is 12.1 Å². The average molecular weight is 282 g/mol. The van der Waals surface area contributed by atoms with E-state index < -0.39 is 0 Å². The number of nitrogen functional groups attached to an aromatic ring is 1. The fourth-order valence-corrected chi connectivity index (χ4v) is 3.19. The molecular formula is C17H22N4. The van der Waals surface area contributed by atoms with Gasteiger partial charge in [0.05, 0.1) is 5.52 Å². The van der Waals surface area contributed by atoms with E-state index in [0.717, 1.165) is 47.2 Å². The van der Waals surface area contributed by atoms with Crippen molar-refractivity contribution in [1.82, 2.24) is 9.88 Å². The molecule has 0 radical (unpaired) electrons. The Morgan fingerprint density at radius 3 is 2.81 bits per heavy atom. The third kappa shape index (κ3) is 2.29. The second-order valence-corrected chi connectivity index (χ2v) is 6.21. The van der Waals surface area contributed by atoms with Gasteiger partial charge < -0.3 is 10.6 Å². The Kier molecular flexibility index (Phi) is 3.41. The van der Waals surface area contributed by atoms with Gasteiger partial charge in [-0.2, -0.15) is 0 Å². The molecule has 1 aromatic carbocycles. The van der Waals surface area contributed by atoms with Gasteiger partial charge in [-0.1, -0.05) is 32.0 Å². The number of para-hydroxylation sites is 1. The molecule has 110 valence electrons. The zero-order chi connectivity index (χ0) is 15.1. The maximum atomic E-state index is 8.03. The molecule has 0 bridgehead atoms. The van der Waals surface area contributed by atoms with Crippen molar-refractivity contribution in [2.75, 3.05) is 13.6 Å². The summed E-state index contributed by atoms with van der Waals surface area (Å²) in [7, 11) is 2.10. The van der Waals surface area contributed by atoms with Crippen molar-refractivity contribution in [2.24, 2.45) is 5.73 Å². The van der Waals surface area contributed by atoms with E-state index in [2.05, 4.69) is 31.9 Å². The molecule has 3 N–H and O–H groups in total. The second kappa shape index (κ2) is 5.11. The molecule has 1 aliphatic rings. The lowest BCUT2D eigenvalue weighted by molar-refractivity contribution is 0.310. The number of fused-ring (bicyclic) bond motifs is 2. The minimum absolute atomic E-state index is 0.148. The van der Waals surface area contributed by atoms with E-state index in [4.69, 9.17) is 16.1 Å². The SMILES string of the molecule is CC(C)c1cccc2c(C(=N)N)c3c(nc12)CCN(C)C3. The molecule has 2 heterocycles. The maximum absolute atomic E-state index is 8.03. The van der Waals surface area contributed by atoms with E-state index in [-0.39, 0.29) is 5.84 Å². The minimum atomic E-state index is 0.148. The van der Waals surface area contributed by atoms with Crippen molar-refractivity contribution in [3.63, 3.8) is 0 Å². The van der Waals surface area contributed by atoms with Gasteiger partial charge >= 0.3 is 0 Å². The summed E-state index contributed by atoms with van der Waals surface area (Å²) >= 11 is 0. The van der Waals surface area contributed by atoms with Crippen LogP contribution in [0.5, 0.6) is 0 Å². The molecule has 3 rings (SSSR count). The van der Waals surface area contributed by atoms with E-state index in [1.54, 1.807) is 0 Å². The Hall–Kier alpha value is -1.94. The molecule has 0 amide bonds. The third-order valence-electron chi connectivity index (χ3n) is 4.28. The standard InChI is InChI=1S/C17H22N4/c1-10(2)11-5-4-6-12-15(17(18)19)13-9-21(3)8-7-14(13)20-16(11)12/h4-6,10H,7-9H2,1-3H3,(H3,18,19). The first-order valence-corrected chi connectivity index (χ1v) is 7.46. The van der Waals surface area contributed by atoms with Crippen molar-refractivity contribution in [2.45, 2.75) is 32.7 Å². The predicted molar refractivity (Wildman–Crippen MR) is 86.9 cm³/mol. The minimum Gasteiger partial charge on any atom is -0.384 e. The van der Waals surface area contributed by atoms with Crippen LogP contribution in [0.1, 0.15) is 42.1 Å². The summed E-state index contributed by atoms with van der Waals surface area (Å²) in [5.74, 6) is 0.556. The van der Waals surface area contributed by atoms with E-state index >= 15 is 0 Å². The molecule has 0 saturated heterocycles. The van der Waals surface area contributed by atoms with Crippen LogP contribution in [0.2, 0.25) is 0 Å². The summed E-state index contributed by atoms with van der Waals surface area (Å²) in [5.41, 5.74) is 11.3. The smallest absolute Gasteiger partial charge is 0.123 e. The van der Waals surface area contributed by atoms with Crippen LogP contribution in [0.3, 0.4) is 0 Å². The predicted octanol–water partition coefficient (Wildman–Crippen LogP) is 2.63. The first-order valence-electron chi connectivity index (χ1n) is 7.46. The van der Waals surface area contributed by atoms with Crippen LogP contribution in [0.25, 0.3) is 10.9 Å². The summed E-state index contributed by atoms with van der Waals surface area (Å²) in [6.45, 7) is 6.18. The Morgan fingerprint density at radius 1 is 1.38 bits per heavy atom. The first-order chi connectivity index (χ1) is 9.99. The van der Waals surface area contributed by atoms with E-state index in [1.165, 1.54) is 5.56 Å². The zero-order valence-electron chi connectivity index (χ0n) is 12.9. The van der Waals surface area contributed by atoms with Crippen LogP contribution in [-0.4, -0.2) is 29.3 Å². The van der Waals surface area contributed by atoms with Crippen LogP contribution in [-0.2, 0) is 13.0 Å². The largest absolute Gasteiger partial charge is 0.384 e. The van der Waals surface area contributed by atoms with Crippen molar-refractivity contribution in [3.8, 4) is 0 Å². The topological polar surface area (TPSA) is 66.0 Å². The Morgan fingerprint density at radius 2 is 2.14 bits per heavy atom. The molecule has 0 saturated carbocycles. The third-order valence-corrected chi connectivity index (χ3v) is 4.28. The number of benzene rings is 1. The van der Waals surface area contributed by atoms with E-state index in [0.29, 0.717) is 5.92 Å². The van der Waals surface area contributed by atoms with Crippen LogP contribution in [0, 0.1) is 5.41 Å². The molecule has 2 aromatic rings. The second-order valence-electron chi connectivity index (χ2n) is 6.21. The highest BCUT2D eigenvalue weighted by molar-refractivity contribution is 6.08. The number of pyridine rings is 1. The number of aromatic nitrogens is 1. The summed E-state index contributed by atoms with van der Waals surface area (Å²) in [5, 5.41) is 9.05. The van der Waals surface area contributed by atoms with Crippen LogP contribution in [0.15, 0.2) is 18.2 Å². The fraction of sp³-hybridized carbons (Fsp3) is 0.412. The highest BCUT2D eigenvalue weighted by atomic mass is 15.1. The van der Waals surface area contributed by atoms with Gasteiger partial charge in [0.25, 0.3) is 0 Å². The molecule has 4 heteroatoms. The fourth-order valence-electron chi connectivity index (χ4n) is 3.19. The monoisotopic (exact) mass is 282 g/mol. The van der Waals surface area contributed by atoms with Crippen molar-refractivity contribution in [1.29, 1.82) is 5.41 Å². The summed E-state index contributed by atoms with van der Waals surface area (Å²) in [6.07, 6.45) is 0.925. The molecule has 21 heavy (non-hydrogen) atoms. The number of hydrogen-bond acceptors (Lipinski definition) is 3. The van der Waals surface area contributed by atoms with Gasteiger partial charge in [0.2, 0.25) is 0 Å². The van der Waals surface area contributed by atoms with Gasteiger partial charge in [-0.3, -0.25) is 10.4 Å². The molecule has 0 spiro atoms. The van der Waals surface area contributed by atoms with Crippen molar-refractivity contribution in [3.05, 3.63) is 40.6 Å². The number of likely N-dealkylation sites (N-methyl/N-ethyl adjacent to an activating group) is 1. The zero-order valence-corrected chi connectivity index (χ0v) is 12.9. The highest BCUT2D eigenvalue weighted by Gasteiger charge is 2.23. The number of rotatable bonds is 2. The van der Waals surface area contributed by atoms with Gasteiger partial charge in [0.15, 0.2) is 0 Å².